The smallest absolute Gasteiger partial charge is 0.298 e. The molecule has 42 heavy (non-hydrogen) atoms. The number of carbonyl (C=O) groups excluding carboxylic acids is 1. The van der Waals surface area contributed by atoms with E-state index < -0.39 is 27.6 Å². The number of carbonyl (C=O) groups is 1. The summed E-state index contributed by atoms with van der Waals surface area (Å²) >= 11 is 0. The lowest BCUT2D eigenvalue weighted by Crippen LogP contribution is -2.35. The molecule has 9 nitrogen and oxygen atoms in total. The number of hydrogen-bond acceptors (Lipinski definition) is 7. The molecular weight excluding hydrogens is 566 g/mol. The van der Waals surface area contributed by atoms with Gasteiger partial charge in [-0.25, -0.2) is 17.2 Å². The maximum atomic E-state index is 14.3. The number of anilines is 2. The van der Waals surface area contributed by atoms with E-state index >= 15 is 0 Å². The monoisotopic (exact) mass is 594 g/mol. The molecule has 6 rings (SSSR count). The molecule has 5 aromatic rings. The zero-order valence-corrected chi connectivity index (χ0v) is 24.0. The zero-order chi connectivity index (χ0) is 29.8. The fraction of sp³-hybridized carbons (Fsp3) is 0.267. The highest BCUT2D eigenvalue weighted by atomic mass is 32.2. The van der Waals surface area contributed by atoms with Crippen molar-refractivity contribution in [2.75, 3.05) is 42.6 Å². The third-order valence-corrected chi connectivity index (χ3v) is 8.92. The van der Waals surface area contributed by atoms with Gasteiger partial charge in [0.25, 0.3) is 11.9 Å². The second kappa shape index (κ2) is 10.4. The summed E-state index contributed by atoms with van der Waals surface area (Å²) in [6, 6.07) is 13.8. The number of fused-ring (bicyclic) bond motifs is 2. The lowest BCUT2D eigenvalue weighted by molar-refractivity contribution is 0.0964. The number of para-hydroxylation sites is 1. The standard InChI is InChI=1S/C30H28F2N4O5S/c1-33-29(37)26-21-14-20(18-6-5-13-36(16-18)30-34-27-22(32)7-4-8-24(27)41-30)23(35(2)42(3,38)39)15-25(21)40-28(26)17-9-11-19(31)12-10-17/h4,7-12,14-15,18H,5-6,13,16H2,1-3H3,(H,33,37)/t18-/m0/s1. The summed E-state index contributed by atoms with van der Waals surface area (Å²) in [7, 11) is -0.700. The maximum absolute atomic E-state index is 14.3. The van der Waals surface area contributed by atoms with Gasteiger partial charge < -0.3 is 19.1 Å². The Morgan fingerprint density at radius 1 is 1.10 bits per heavy atom. The van der Waals surface area contributed by atoms with Crippen molar-refractivity contribution in [3.8, 4) is 11.3 Å². The number of nitrogens with one attached hydrogen (secondary N) is 1. The molecule has 1 amide bonds. The Morgan fingerprint density at radius 2 is 1.86 bits per heavy atom. The minimum absolute atomic E-state index is 0.149. The van der Waals surface area contributed by atoms with E-state index in [4.69, 9.17) is 8.83 Å². The number of hydrogen-bond donors (Lipinski definition) is 1. The average Bonchev–Trinajstić information content (AvgIpc) is 3.58. The third kappa shape index (κ3) is 4.85. The van der Waals surface area contributed by atoms with Crippen LogP contribution in [0.3, 0.4) is 0 Å². The van der Waals surface area contributed by atoms with Crippen LogP contribution in [0.4, 0.5) is 20.5 Å². The molecule has 1 aliphatic heterocycles. The van der Waals surface area contributed by atoms with Gasteiger partial charge in [-0.15, -0.1) is 0 Å². The van der Waals surface area contributed by atoms with Gasteiger partial charge >= 0.3 is 0 Å². The first-order valence-electron chi connectivity index (χ1n) is 13.4. The van der Waals surface area contributed by atoms with Crippen molar-refractivity contribution in [2.24, 2.45) is 0 Å². The van der Waals surface area contributed by atoms with Crippen LogP contribution in [0.25, 0.3) is 33.4 Å². The van der Waals surface area contributed by atoms with Gasteiger partial charge in [-0.2, -0.15) is 4.98 Å². The van der Waals surface area contributed by atoms with Gasteiger partial charge in [-0.1, -0.05) is 6.07 Å². The third-order valence-electron chi connectivity index (χ3n) is 7.72. The molecule has 1 aliphatic rings. The van der Waals surface area contributed by atoms with E-state index in [1.54, 1.807) is 24.3 Å². The molecule has 12 heteroatoms. The summed E-state index contributed by atoms with van der Waals surface area (Å²) < 4.78 is 66.7. The molecule has 0 spiro atoms. The van der Waals surface area contributed by atoms with Gasteiger partial charge in [0.15, 0.2) is 11.4 Å². The fourth-order valence-electron chi connectivity index (χ4n) is 5.53. The number of rotatable bonds is 6. The zero-order valence-electron chi connectivity index (χ0n) is 23.1. The minimum Gasteiger partial charge on any atom is -0.455 e. The topological polar surface area (TPSA) is 109 Å². The minimum atomic E-state index is -3.67. The first-order valence-corrected chi connectivity index (χ1v) is 15.2. The molecule has 2 aromatic heterocycles. The molecule has 1 atom stereocenters. The number of amides is 1. The molecule has 0 bridgehead atoms. The molecule has 3 aromatic carbocycles. The van der Waals surface area contributed by atoms with Crippen LogP contribution >= 0.6 is 0 Å². The van der Waals surface area contributed by atoms with Crippen molar-refractivity contribution in [3.05, 3.63) is 77.4 Å². The van der Waals surface area contributed by atoms with Gasteiger partial charge in [-0.05, 0) is 60.9 Å². The van der Waals surface area contributed by atoms with Crippen LogP contribution in [-0.4, -0.2) is 52.7 Å². The van der Waals surface area contributed by atoms with E-state index in [1.807, 2.05) is 4.90 Å². The van der Waals surface area contributed by atoms with Crippen LogP contribution in [0.2, 0.25) is 0 Å². The summed E-state index contributed by atoms with van der Waals surface area (Å²) in [5.74, 6) is -1.25. The maximum Gasteiger partial charge on any atom is 0.298 e. The number of furan rings is 1. The molecule has 0 unspecified atom stereocenters. The van der Waals surface area contributed by atoms with Crippen LogP contribution in [-0.2, 0) is 10.0 Å². The molecule has 0 saturated carbocycles. The quantitative estimate of drug-likeness (QED) is 0.270. The summed E-state index contributed by atoms with van der Waals surface area (Å²) in [5.41, 5.74) is 2.66. The van der Waals surface area contributed by atoms with E-state index in [0.29, 0.717) is 46.5 Å². The second-order valence-corrected chi connectivity index (χ2v) is 12.4. The fourth-order valence-corrected chi connectivity index (χ4v) is 6.04. The van der Waals surface area contributed by atoms with E-state index in [1.165, 1.54) is 48.7 Å². The molecule has 218 valence electrons. The highest BCUT2D eigenvalue weighted by Crippen LogP contribution is 2.42. The lowest BCUT2D eigenvalue weighted by atomic mass is 9.88. The Kier molecular flexibility index (Phi) is 6.88. The molecular formula is C30H28F2N4O5S. The van der Waals surface area contributed by atoms with Crippen LogP contribution in [0.1, 0.15) is 34.7 Å². The number of sulfonamides is 1. The van der Waals surface area contributed by atoms with Gasteiger partial charge in [0, 0.05) is 50.1 Å². The normalized spacial score (nSPS) is 15.8. The molecule has 1 saturated heterocycles. The summed E-state index contributed by atoms with van der Waals surface area (Å²) in [4.78, 5) is 19.5. The Balaban J connectivity index is 1.50. The van der Waals surface area contributed by atoms with Crippen molar-refractivity contribution in [1.82, 2.24) is 10.3 Å². The molecule has 3 heterocycles. The number of halogens is 2. The van der Waals surface area contributed by atoms with E-state index in [0.717, 1.165) is 19.1 Å². The Morgan fingerprint density at radius 3 is 2.55 bits per heavy atom. The number of oxazole rings is 1. The van der Waals surface area contributed by atoms with Gasteiger partial charge in [0.05, 0.1) is 17.5 Å². The first-order chi connectivity index (χ1) is 20.0. The van der Waals surface area contributed by atoms with Crippen molar-refractivity contribution in [2.45, 2.75) is 18.8 Å². The Labute approximate surface area is 240 Å². The Hall–Kier alpha value is -4.45. The Bertz CT molecular complexity index is 1930. The van der Waals surface area contributed by atoms with Crippen molar-refractivity contribution < 1.29 is 30.8 Å². The summed E-state index contributed by atoms with van der Waals surface area (Å²) in [6.45, 7) is 1.04. The summed E-state index contributed by atoms with van der Waals surface area (Å²) in [5, 5.41) is 3.14. The number of benzene rings is 3. The molecule has 1 N–H and O–H groups in total. The predicted octanol–water partition coefficient (Wildman–Crippen LogP) is 5.66. The lowest BCUT2D eigenvalue weighted by Gasteiger charge is -2.34. The summed E-state index contributed by atoms with van der Waals surface area (Å²) in [6.07, 6.45) is 2.57. The van der Waals surface area contributed by atoms with E-state index in [2.05, 4.69) is 10.3 Å². The van der Waals surface area contributed by atoms with E-state index in [-0.39, 0.29) is 28.8 Å². The van der Waals surface area contributed by atoms with Gasteiger partial charge in [-0.3, -0.25) is 9.10 Å². The van der Waals surface area contributed by atoms with Crippen molar-refractivity contribution in [1.29, 1.82) is 0 Å². The predicted molar refractivity (Wildman–Crippen MR) is 156 cm³/mol. The highest BCUT2D eigenvalue weighted by Gasteiger charge is 2.31. The number of piperidine rings is 1. The number of nitrogens with zero attached hydrogens (tertiary/aromatic N) is 3. The van der Waals surface area contributed by atoms with Crippen LogP contribution in [0, 0.1) is 11.6 Å². The average molecular weight is 595 g/mol. The highest BCUT2D eigenvalue weighted by molar-refractivity contribution is 7.92. The van der Waals surface area contributed by atoms with Crippen molar-refractivity contribution in [3.63, 3.8) is 0 Å². The van der Waals surface area contributed by atoms with Gasteiger partial charge in [0.1, 0.15) is 22.7 Å². The molecule has 1 fully saturated rings. The first kappa shape index (κ1) is 27.7. The van der Waals surface area contributed by atoms with Crippen LogP contribution in [0.5, 0.6) is 0 Å². The molecule has 0 radical (unpaired) electrons. The van der Waals surface area contributed by atoms with Gasteiger partial charge in [0.2, 0.25) is 10.0 Å². The SMILES string of the molecule is CNC(=O)c1c(-c2ccc(F)cc2)oc2cc(N(C)S(C)(=O)=O)c([C@H]3CCCN(c4nc5c(F)cccc5o4)C3)cc12. The van der Waals surface area contributed by atoms with Crippen LogP contribution < -0.4 is 14.5 Å². The largest absolute Gasteiger partial charge is 0.455 e. The molecule has 0 aliphatic carbocycles. The number of aromatic nitrogens is 1. The van der Waals surface area contributed by atoms with E-state index in [9.17, 15) is 22.0 Å². The van der Waals surface area contributed by atoms with Crippen LogP contribution in [0.15, 0.2) is 63.4 Å². The van der Waals surface area contributed by atoms with Crippen molar-refractivity contribution >= 4 is 49.7 Å². The second-order valence-electron chi connectivity index (χ2n) is 10.4.